The number of hydrogen-bond donors (Lipinski definition) is 0. The van der Waals surface area contributed by atoms with E-state index in [2.05, 4.69) is 34.3 Å². The number of fused-ring (bicyclic) bond motifs is 1. The summed E-state index contributed by atoms with van der Waals surface area (Å²) in [4.78, 5) is 12.1. The topological polar surface area (TPSA) is 56.1 Å². The first-order valence-electron chi connectivity index (χ1n) is 9.94. The second-order valence-electron chi connectivity index (χ2n) is 7.43. The van der Waals surface area contributed by atoms with Crippen LogP contribution < -0.4 is 4.90 Å². The normalized spacial score (nSPS) is 17.0. The van der Waals surface area contributed by atoms with E-state index in [0.717, 1.165) is 53.3 Å². The van der Waals surface area contributed by atoms with Gasteiger partial charge in [0.15, 0.2) is 0 Å². The molecule has 3 heterocycles. The maximum atomic E-state index is 5.99. The molecule has 2 aromatic carbocycles. The van der Waals surface area contributed by atoms with E-state index >= 15 is 0 Å². The Morgan fingerprint density at radius 2 is 1.86 bits per heavy atom. The first-order chi connectivity index (χ1) is 14.3. The number of aryl methyl sites for hydroxylation is 1. The molecule has 0 saturated carbocycles. The predicted octanol–water partition coefficient (Wildman–Crippen LogP) is 3.71. The third-order valence-corrected chi connectivity index (χ3v) is 5.21. The van der Waals surface area contributed by atoms with Gasteiger partial charge in [0.05, 0.1) is 36.7 Å². The summed E-state index contributed by atoms with van der Waals surface area (Å²) in [6.45, 7) is 4.95. The number of aromatic nitrogens is 4. The third kappa shape index (κ3) is 3.71. The number of morpholine rings is 1. The van der Waals surface area contributed by atoms with Crippen molar-refractivity contribution in [3.8, 4) is 11.3 Å². The number of hydrogen-bond acceptors (Lipinski definition) is 5. The van der Waals surface area contributed by atoms with Crippen molar-refractivity contribution >= 4 is 16.9 Å². The van der Waals surface area contributed by atoms with Crippen LogP contribution in [0.3, 0.4) is 0 Å². The predicted molar refractivity (Wildman–Crippen MR) is 114 cm³/mol. The van der Waals surface area contributed by atoms with E-state index in [-0.39, 0.29) is 6.10 Å². The quantitative estimate of drug-likeness (QED) is 0.536. The lowest BCUT2D eigenvalue weighted by molar-refractivity contribution is 0.0269. The number of rotatable bonds is 4. The lowest BCUT2D eigenvalue weighted by Gasteiger charge is -2.33. The molecule has 0 spiro atoms. The Morgan fingerprint density at radius 1 is 1.03 bits per heavy atom. The molecule has 146 valence electrons. The van der Waals surface area contributed by atoms with Crippen molar-refractivity contribution in [1.82, 2.24) is 19.7 Å². The van der Waals surface area contributed by atoms with Gasteiger partial charge in [0.1, 0.15) is 0 Å². The Labute approximate surface area is 169 Å². The van der Waals surface area contributed by atoms with Crippen LogP contribution in [0.4, 0.5) is 5.95 Å². The number of benzene rings is 2. The molecule has 6 nitrogen and oxygen atoms in total. The summed E-state index contributed by atoms with van der Waals surface area (Å²) in [5.74, 6) is 0.757. The lowest BCUT2D eigenvalue weighted by atomic mass is 10.1. The Balaban J connectivity index is 1.48. The van der Waals surface area contributed by atoms with E-state index in [1.807, 2.05) is 54.3 Å². The van der Waals surface area contributed by atoms with Gasteiger partial charge in [-0.3, -0.25) is 4.68 Å². The van der Waals surface area contributed by atoms with Crippen molar-refractivity contribution in [2.75, 3.05) is 24.6 Å². The van der Waals surface area contributed by atoms with Gasteiger partial charge >= 0.3 is 0 Å². The van der Waals surface area contributed by atoms with E-state index < -0.39 is 0 Å². The standard InChI is InChI=1S/C23H23N5O/c1-17-13-24-28(14-17)16-19-15-27(11-12-29-19)23-25-21-10-6-5-9-20(21)22(26-23)18-7-3-2-4-8-18/h2-10,13-14,19H,11-12,15-16H2,1H3. The van der Waals surface area contributed by atoms with Crippen LogP contribution in [0.1, 0.15) is 5.56 Å². The summed E-state index contributed by atoms with van der Waals surface area (Å²) in [6, 6.07) is 18.5. The Kier molecular flexibility index (Phi) is 4.69. The molecule has 0 aliphatic carbocycles. The van der Waals surface area contributed by atoms with E-state index in [1.165, 1.54) is 0 Å². The van der Waals surface area contributed by atoms with Gasteiger partial charge in [-0.25, -0.2) is 9.97 Å². The van der Waals surface area contributed by atoms with Crippen LogP contribution in [0.5, 0.6) is 0 Å². The second-order valence-corrected chi connectivity index (χ2v) is 7.43. The van der Waals surface area contributed by atoms with Crippen LogP contribution in [0.2, 0.25) is 0 Å². The van der Waals surface area contributed by atoms with E-state index in [1.54, 1.807) is 0 Å². The summed E-state index contributed by atoms with van der Waals surface area (Å²) in [5.41, 5.74) is 4.19. The van der Waals surface area contributed by atoms with Crippen LogP contribution in [0.25, 0.3) is 22.2 Å². The number of anilines is 1. The monoisotopic (exact) mass is 385 g/mol. The Hall–Kier alpha value is -3.25. The van der Waals surface area contributed by atoms with Crippen molar-refractivity contribution in [1.29, 1.82) is 0 Å². The summed E-state index contributed by atoms with van der Waals surface area (Å²) < 4.78 is 7.93. The number of para-hydroxylation sites is 1. The average molecular weight is 385 g/mol. The average Bonchev–Trinajstić information content (AvgIpc) is 3.18. The molecule has 0 radical (unpaired) electrons. The highest BCUT2D eigenvalue weighted by molar-refractivity contribution is 5.93. The van der Waals surface area contributed by atoms with Crippen LogP contribution >= 0.6 is 0 Å². The van der Waals surface area contributed by atoms with E-state index in [9.17, 15) is 0 Å². The summed E-state index contributed by atoms with van der Waals surface area (Å²) in [5, 5.41) is 5.46. The molecule has 6 heteroatoms. The molecule has 1 atom stereocenters. The van der Waals surface area contributed by atoms with Gasteiger partial charge in [-0.2, -0.15) is 5.10 Å². The minimum Gasteiger partial charge on any atom is -0.373 e. The van der Waals surface area contributed by atoms with Gasteiger partial charge in [0.25, 0.3) is 0 Å². The van der Waals surface area contributed by atoms with Gasteiger partial charge in [-0.1, -0.05) is 48.5 Å². The highest BCUT2D eigenvalue weighted by atomic mass is 16.5. The van der Waals surface area contributed by atoms with Crippen molar-refractivity contribution < 1.29 is 4.74 Å². The number of ether oxygens (including phenoxy) is 1. The summed E-state index contributed by atoms with van der Waals surface area (Å²) >= 11 is 0. The minimum absolute atomic E-state index is 0.0540. The van der Waals surface area contributed by atoms with Crippen molar-refractivity contribution in [3.05, 3.63) is 72.6 Å². The first-order valence-corrected chi connectivity index (χ1v) is 9.94. The molecular formula is C23H23N5O. The fourth-order valence-corrected chi connectivity index (χ4v) is 3.81. The highest BCUT2D eigenvalue weighted by Crippen LogP contribution is 2.28. The largest absolute Gasteiger partial charge is 0.373 e. The fourth-order valence-electron chi connectivity index (χ4n) is 3.81. The highest BCUT2D eigenvalue weighted by Gasteiger charge is 2.24. The molecule has 29 heavy (non-hydrogen) atoms. The van der Waals surface area contributed by atoms with Crippen molar-refractivity contribution in [3.63, 3.8) is 0 Å². The fraction of sp³-hybridized carbons (Fsp3) is 0.261. The number of nitrogens with zero attached hydrogens (tertiary/aromatic N) is 5. The van der Waals surface area contributed by atoms with Crippen LogP contribution in [0.15, 0.2) is 67.0 Å². The minimum atomic E-state index is 0.0540. The SMILES string of the molecule is Cc1cnn(CC2CN(c3nc(-c4ccccc4)c4ccccc4n3)CCO2)c1. The molecule has 0 bridgehead atoms. The van der Waals surface area contributed by atoms with Gasteiger partial charge in [-0.15, -0.1) is 0 Å². The molecule has 5 rings (SSSR count). The third-order valence-electron chi connectivity index (χ3n) is 5.21. The Bertz CT molecular complexity index is 1120. The van der Waals surface area contributed by atoms with E-state index in [4.69, 9.17) is 14.7 Å². The molecule has 1 aliphatic rings. The van der Waals surface area contributed by atoms with E-state index in [0.29, 0.717) is 6.61 Å². The zero-order valence-corrected chi connectivity index (χ0v) is 16.4. The lowest BCUT2D eigenvalue weighted by Crippen LogP contribution is -2.45. The van der Waals surface area contributed by atoms with Gasteiger partial charge < -0.3 is 9.64 Å². The van der Waals surface area contributed by atoms with Crippen LogP contribution in [-0.2, 0) is 11.3 Å². The smallest absolute Gasteiger partial charge is 0.226 e. The van der Waals surface area contributed by atoms with Crippen LogP contribution in [-0.4, -0.2) is 45.5 Å². The molecular weight excluding hydrogens is 362 g/mol. The second kappa shape index (κ2) is 7.64. The first kappa shape index (κ1) is 17.8. The van der Waals surface area contributed by atoms with Gasteiger partial charge in [0, 0.05) is 30.2 Å². The maximum absolute atomic E-state index is 5.99. The van der Waals surface area contributed by atoms with Gasteiger partial charge in [0.2, 0.25) is 5.95 Å². The zero-order valence-electron chi connectivity index (χ0n) is 16.4. The molecule has 4 aromatic rings. The molecule has 0 amide bonds. The Morgan fingerprint density at radius 3 is 2.69 bits per heavy atom. The van der Waals surface area contributed by atoms with Gasteiger partial charge in [-0.05, 0) is 18.6 Å². The molecule has 1 aliphatic heterocycles. The molecule has 0 N–H and O–H groups in total. The van der Waals surface area contributed by atoms with Crippen molar-refractivity contribution in [2.24, 2.45) is 0 Å². The molecule has 1 unspecified atom stereocenters. The van der Waals surface area contributed by atoms with Crippen molar-refractivity contribution in [2.45, 2.75) is 19.6 Å². The maximum Gasteiger partial charge on any atom is 0.226 e. The molecule has 1 saturated heterocycles. The van der Waals surface area contributed by atoms with Crippen LogP contribution in [0, 0.1) is 6.92 Å². The summed E-state index contributed by atoms with van der Waals surface area (Å²) in [6.07, 6.45) is 3.97. The molecule has 2 aromatic heterocycles. The zero-order chi connectivity index (χ0) is 19.6. The summed E-state index contributed by atoms with van der Waals surface area (Å²) in [7, 11) is 0. The molecule has 1 fully saturated rings.